The fourth-order valence-electron chi connectivity index (χ4n) is 3.22. The van der Waals surface area contributed by atoms with Crippen molar-refractivity contribution in [1.29, 1.82) is 0 Å². The van der Waals surface area contributed by atoms with Crippen LogP contribution in [0, 0.1) is 0 Å². The molecule has 0 spiro atoms. The summed E-state index contributed by atoms with van der Waals surface area (Å²) in [5.74, 6) is 0.253. The Morgan fingerprint density at radius 1 is 1.06 bits per heavy atom. The van der Waals surface area contributed by atoms with Crippen LogP contribution in [0.25, 0.3) is 22.4 Å². The molecule has 2 heterocycles. The summed E-state index contributed by atoms with van der Waals surface area (Å²) >= 11 is 1.49. The molecule has 168 valence electrons. The molecular weight excluding hydrogens is 436 g/mol. The van der Waals surface area contributed by atoms with Crippen molar-refractivity contribution in [3.05, 3.63) is 78.6 Å². The quantitative estimate of drug-likeness (QED) is 0.298. The maximum absolute atomic E-state index is 13.0. The van der Waals surface area contributed by atoms with Crippen LogP contribution >= 0.6 is 11.8 Å². The molecular formula is C25H24N4O3S. The molecule has 2 aromatic heterocycles. The second-order valence-corrected chi connectivity index (χ2v) is 8.78. The number of nitrogens with zero attached hydrogens (tertiary/aromatic N) is 2. The number of aromatic nitrogens is 3. The lowest BCUT2D eigenvalue weighted by Gasteiger charge is -2.19. The van der Waals surface area contributed by atoms with Gasteiger partial charge in [-0.15, -0.1) is 11.8 Å². The van der Waals surface area contributed by atoms with Gasteiger partial charge in [-0.3, -0.25) is 9.78 Å². The highest BCUT2D eigenvalue weighted by Crippen LogP contribution is 2.22. The Morgan fingerprint density at radius 3 is 2.55 bits per heavy atom. The van der Waals surface area contributed by atoms with E-state index in [0.29, 0.717) is 17.1 Å². The van der Waals surface area contributed by atoms with E-state index >= 15 is 0 Å². The third-order valence-corrected chi connectivity index (χ3v) is 5.90. The first-order chi connectivity index (χ1) is 16.0. The van der Waals surface area contributed by atoms with E-state index in [-0.39, 0.29) is 12.0 Å². The van der Waals surface area contributed by atoms with Crippen LogP contribution in [0.2, 0.25) is 0 Å². The summed E-state index contributed by atoms with van der Waals surface area (Å²) in [4.78, 5) is 38.5. The van der Waals surface area contributed by atoms with Crippen LogP contribution < -0.4 is 5.32 Å². The first kappa shape index (κ1) is 22.5. The minimum atomic E-state index is -0.782. The first-order valence-corrected chi connectivity index (χ1v) is 11.6. The third-order valence-electron chi connectivity index (χ3n) is 4.80. The van der Waals surface area contributed by atoms with Crippen molar-refractivity contribution in [1.82, 2.24) is 20.3 Å². The van der Waals surface area contributed by atoms with Gasteiger partial charge in [0.1, 0.15) is 11.9 Å². The molecule has 0 fully saturated rings. The number of hydrogen-bond donors (Lipinski definition) is 2. The molecule has 1 amide bonds. The highest BCUT2D eigenvalue weighted by atomic mass is 32.2. The summed E-state index contributed by atoms with van der Waals surface area (Å²) in [5.41, 5.74) is 2.81. The predicted octanol–water partition coefficient (Wildman–Crippen LogP) is 4.47. The number of H-pyrrole nitrogens is 1. The van der Waals surface area contributed by atoms with Gasteiger partial charge >= 0.3 is 5.97 Å². The molecule has 2 aromatic carbocycles. The van der Waals surface area contributed by atoms with E-state index in [1.807, 2.05) is 42.5 Å². The molecule has 1 atom stereocenters. The zero-order valence-electron chi connectivity index (χ0n) is 18.3. The van der Waals surface area contributed by atoms with Gasteiger partial charge in [0.25, 0.3) is 5.91 Å². The van der Waals surface area contributed by atoms with Gasteiger partial charge in [0, 0.05) is 34.2 Å². The second kappa shape index (κ2) is 10.3. The molecule has 2 N–H and O–H groups in total. The van der Waals surface area contributed by atoms with Gasteiger partial charge in [-0.05, 0) is 56.3 Å². The molecule has 0 bridgehead atoms. The number of benzene rings is 2. The van der Waals surface area contributed by atoms with E-state index in [9.17, 15) is 9.59 Å². The molecule has 0 saturated carbocycles. The van der Waals surface area contributed by atoms with Gasteiger partial charge in [0.15, 0.2) is 0 Å². The predicted molar refractivity (Wildman–Crippen MR) is 129 cm³/mol. The highest BCUT2D eigenvalue weighted by Gasteiger charge is 2.24. The maximum atomic E-state index is 13.0. The fourth-order valence-corrected chi connectivity index (χ4v) is 4.15. The number of esters is 1. The third kappa shape index (κ3) is 5.78. The van der Waals surface area contributed by atoms with E-state index in [1.54, 1.807) is 44.4 Å². The van der Waals surface area contributed by atoms with Gasteiger partial charge in [0.05, 0.1) is 17.1 Å². The minimum Gasteiger partial charge on any atom is -0.461 e. The highest BCUT2D eigenvalue weighted by molar-refractivity contribution is 7.99. The van der Waals surface area contributed by atoms with Crippen molar-refractivity contribution in [3.63, 3.8) is 0 Å². The molecule has 4 rings (SSSR count). The summed E-state index contributed by atoms with van der Waals surface area (Å²) in [6, 6.07) is 17.9. The van der Waals surface area contributed by atoms with Gasteiger partial charge in [0.2, 0.25) is 0 Å². The maximum Gasteiger partial charge on any atom is 0.329 e. The number of aromatic amines is 1. The fraction of sp³-hybridized carbons (Fsp3) is 0.200. The summed E-state index contributed by atoms with van der Waals surface area (Å²) in [5, 5.41) is 2.84. The van der Waals surface area contributed by atoms with E-state index in [2.05, 4.69) is 20.3 Å². The number of thioether (sulfide) groups is 1. The number of nitrogens with one attached hydrogen (secondary N) is 2. The Morgan fingerprint density at radius 2 is 1.82 bits per heavy atom. The molecule has 0 aliphatic rings. The molecule has 0 saturated heterocycles. The van der Waals surface area contributed by atoms with Gasteiger partial charge in [-0.25, -0.2) is 9.78 Å². The molecule has 8 heteroatoms. The zero-order chi connectivity index (χ0) is 23.2. The molecule has 0 aliphatic heterocycles. The Balaban J connectivity index is 1.51. The van der Waals surface area contributed by atoms with Gasteiger partial charge < -0.3 is 15.0 Å². The first-order valence-electron chi connectivity index (χ1n) is 10.6. The van der Waals surface area contributed by atoms with Crippen molar-refractivity contribution < 1.29 is 14.3 Å². The number of pyridine rings is 1. The lowest BCUT2D eigenvalue weighted by molar-refractivity contribution is -0.149. The smallest absolute Gasteiger partial charge is 0.329 e. The number of hydrogen-bond acceptors (Lipinski definition) is 6. The van der Waals surface area contributed by atoms with Crippen molar-refractivity contribution in [2.24, 2.45) is 0 Å². The van der Waals surface area contributed by atoms with Gasteiger partial charge in [-0.2, -0.15) is 0 Å². The summed E-state index contributed by atoms with van der Waals surface area (Å²) in [6.07, 6.45) is 3.13. The van der Waals surface area contributed by atoms with Crippen molar-refractivity contribution in [2.45, 2.75) is 30.9 Å². The Bertz CT molecular complexity index is 1240. The largest absolute Gasteiger partial charge is 0.461 e. The average molecular weight is 461 g/mol. The van der Waals surface area contributed by atoms with Crippen LogP contribution in [-0.2, 0) is 9.53 Å². The van der Waals surface area contributed by atoms with E-state index in [0.717, 1.165) is 21.5 Å². The molecule has 0 aliphatic carbocycles. The summed E-state index contributed by atoms with van der Waals surface area (Å²) < 4.78 is 5.37. The average Bonchev–Trinajstić information content (AvgIpc) is 3.26. The molecule has 0 radical (unpaired) electrons. The molecule has 7 nitrogen and oxygen atoms in total. The van der Waals surface area contributed by atoms with Crippen molar-refractivity contribution >= 4 is 34.7 Å². The lowest BCUT2D eigenvalue weighted by Crippen LogP contribution is -2.44. The van der Waals surface area contributed by atoms with E-state index in [1.165, 1.54) is 11.8 Å². The zero-order valence-corrected chi connectivity index (χ0v) is 19.1. The Hall–Kier alpha value is -3.65. The standard InChI is InChI=1S/C25H24N4O3S/c1-16(2)32-25(31)22(15-33-19-6-4-3-5-7-19)29-24(30)18-8-9-20-21(14-18)28-23(27-20)17-10-12-26-13-11-17/h3-14,16,22H,15H2,1-2H3,(H,27,28)(H,29,30)/t22-/m0/s1. The van der Waals surface area contributed by atoms with Crippen LogP contribution in [0.15, 0.2) is 78.0 Å². The number of fused-ring (bicyclic) bond motifs is 1. The van der Waals surface area contributed by atoms with Crippen LogP contribution in [0.3, 0.4) is 0 Å². The Kier molecular flexibility index (Phi) is 7.04. The second-order valence-electron chi connectivity index (χ2n) is 7.69. The van der Waals surface area contributed by atoms with E-state index in [4.69, 9.17) is 4.74 Å². The lowest BCUT2D eigenvalue weighted by atomic mass is 10.1. The van der Waals surface area contributed by atoms with E-state index < -0.39 is 12.0 Å². The number of carbonyl (C=O) groups is 2. The number of ether oxygens (including phenoxy) is 1. The monoisotopic (exact) mass is 460 g/mol. The number of carbonyl (C=O) groups excluding carboxylic acids is 2. The van der Waals surface area contributed by atoms with Crippen molar-refractivity contribution in [3.8, 4) is 11.4 Å². The Labute approximate surface area is 196 Å². The SMILES string of the molecule is CC(C)OC(=O)[C@H](CSc1ccccc1)NC(=O)c1ccc2nc(-c3ccncc3)[nH]c2c1. The number of rotatable bonds is 8. The minimum absolute atomic E-state index is 0.272. The van der Waals surface area contributed by atoms with Crippen LogP contribution in [0.4, 0.5) is 0 Å². The molecule has 33 heavy (non-hydrogen) atoms. The summed E-state index contributed by atoms with van der Waals surface area (Å²) in [6.45, 7) is 3.57. The van der Waals surface area contributed by atoms with Crippen LogP contribution in [-0.4, -0.2) is 44.7 Å². The van der Waals surface area contributed by atoms with Gasteiger partial charge in [-0.1, -0.05) is 18.2 Å². The van der Waals surface area contributed by atoms with Crippen molar-refractivity contribution in [2.75, 3.05) is 5.75 Å². The molecule has 4 aromatic rings. The topological polar surface area (TPSA) is 97.0 Å². The van der Waals surface area contributed by atoms with Crippen LogP contribution in [0.5, 0.6) is 0 Å². The number of amides is 1. The normalized spacial score (nSPS) is 12.0. The molecule has 0 unspecified atom stereocenters. The number of imidazole rings is 1. The summed E-state index contributed by atoms with van der Waals surface area (Å²) in [7, 11) is 0. The van der Waals surface area contributed by atoms with Crippen LogP contribution in [0.1, 0.15) is 24.2 Å².